The van der Waals surface area contributed by atoms with Crippen molar-refractivity contribution in [1.82, 2.24) is 10.6 Å². The van der Waals surface area contributed by atoms with Crippen molar-refractivity contribution < 1.29 is 19.1 Å². The Morgan fingerprint density at radius 3 is 2.16 bits per heavy atom. The van der Waals surface area contributed by atoms with Crippen LogP contribution in [0.25, 0.3) is 5.70 Å². The predicted octanol–water partition coefficient (Wildman–Crippen LogP) is 5.12. The van der Waals surface area contributed by atoms with Crippen LogP contribution in [0.4, 0.5) is 4.79 Å². The number of hydrogen-bond acceptors (Lipinski definition) is 4. The molecule has 3 aromatic rings. The lowest BCUT2D eigenvalue weighted by Crippen LogP contribution is -2.45. The lowest BCUT2D eigenvalue weighted by Gasteiger charge is -2.29. The molecule has 1 aliphatic heterocycles. The van der Waals surface area contributed by atoms with Crippen LogP contribution in [0.1, 0.15) is 29.7 Å². The van der Waals surface area contributed by atoms with Crippen LogP contribution in [0.5, 0.6) is 11.5 Å². The molecule has 32 heavy (non-hydrogen) atoms. The first-order valence-electron chi connectivity index (χ1n) is 10.4. The van der Waals surface area contributed by atoms with Crippen molar-refractivity contribution in [2.24, 2.45) is 0 Å². The van der Waals surface area contributed by atoms with Gasteiger partial charge >= 0.3 is 12.0 Å². The molecule has 1 unspecified atom stereocenters. The Bertz CT molecular complexity index is 1140. The molecule has 6 heteroatoms. The smallest absolute Gasteiger partial charge is 0.338 e. The van der Waals surface area contributed by atoms with Crippen LogP contribution in [-0.2, 0) is 9.53 Å². The minimum absolute atomic E-state index is 0.231. The Labute approximate surface area is 186 Å². The number of rotatable bonds is 6. The zero-order chi connectivity index (χ0) is 22.5. The monoisotopic (exact) mass is 428 g/mol. The van der Waals surface area contributed by atoms with E-state index < -0.39 is 12.0 Å². The van der Waals surface area contributed by atoms with Gasteiger partial charge in [0.15, 0.2) is 0 Å². The maximum Gasteiger partial charge on any atom is 0.338 e. The first kappa shape index (κ1) is 21.2. The van der Waals surface area contributed by atoms with Crippen molar-refractivity contribution in [3.8, 4) is 11.5 Å². The maximum absolute atomic E-state index is 12.9. The van der Waals surface area contributed by atoms with Gasteiger partial charge in [0.1, 0.15) is 11.5 Å². The first-order valence-corrected chi connectivity index (χ1v) is 10.4. The van der Waals surface area contributed by atoms with Crippen molar-refractivity contribution in [3.63, 3.8) is 0 Å². The summed E-state index contributed by atoms with van der Waals surface area (Å²) >= 11 is 0. The van der Waals surface area contributed by atoms with Crippen molar-refractivity contribution in [2.75, 3.05) is 6.61 Å². The van der Waals surface area contributed by atoms with E-state index in [1.54, 1.807) is 6.92 Å². The molecular formula is C26H24N2O4. The molecule has 1 atom stereocenters. The van der Waals surface area contributed by atoms with Crippen LogP contribution in [-0.4, -0.2) is 18.6 Å². The van der Waals surface area contributed by atoms with E-state index in [1.165, 1.54) is 0 Å². The minimum Gasteiger partial charge on any atom is -0.463 e. The number of carbonyl (C=O) groups is 2. The minimum atomic E-state index is -0.661. The summed E-state index contributed by atoms with van der Waals surface area (Å²) in [6.45, 7) is 4.00. The molecule has 2 N–H and O–H groups in total. The number of aryl methyl sites for hydroxylation is 1. The molecule has 0 aliphatic carbocycles. The molecule has 0 spiro atoms. The van der Waals surface area contributed by atoms with E-state index in [-0.39, 0.29) is 12.6 Å². The number of ether oxygens (including phenoxy) is 2. The van der Waals surface area contributed by atoms with Crippen molar-refractivity contribution in [1.29, 1.82) is 0 Å². The lowest BCUT2D eigenvalue weighted by molar-refractivity contribution is -0.138. The normalized spacial score (nSPS) is 15.6. The third kappa shape index (κ3) is 4.64. The number of esters is 1. The zero-order valence-corrected chi connectivity index (χ0v) is 17.9. The van der Waals surface area contributed by atoms with Crippen LogP contribution >= 0.6 is 0 Å². The van der Waals surface area contributed by atoms with Gasteiger partial charge < -0.3 is 20.1 Å². The zero-order valence-electron chi connectivity index (χ0n) is 17.9. The first-order chi connectivity index (χ1) is 15.5. The SMILES string of the molecule is CCOC(=O)C1=C(c2ccccc2)NC(=O)NC1c1ccc(Oc2ccc(C)cc2)cc1. The molecule has 0 radical (unpaired) electrons. The van der Waals surface area contributed by atoms with Gasteiger partial charge in [-0.2, -0.15) is 0 Å². The van der Waals surface area contributed by atoms with Crippen LogP contribution in [0.3, 0.4) is 0 Å². The third-order valence-electron chi connectivity index (χ3n) is 5.10. The largest absolute Gasteiger partial charge is 0.463 e. The lowest BCUT2D eigenvalue weighted by atomic mass is 9.92. The number of nitrogens with one attached hydrogen (secondary N) is 2. The Morgan fingerprint density at radius 1 is 0.906 bits per heavy atom. The molecule has 0 bridgehead atoms. The fourth-order valence-corrected chi connectivity index (χ4v) is 3.55. The average Bonchev–Trinajstić information content (AvgIpc) is 2.81. The maximum atomic E-state index is 12.9. The average molecular weight is 428 g/mol. The summed E-state index contributed by atoms with van der Waals surface area (Å²) in [5, 5.41) is 5.62. The summed E-state index contributed by atoms with van der Waals surface area (Å²) in [5.74, 6) is 0.906. The standard InChI is InChI=1S/C26H24N2O4/c1-3-31-25(29)22-23(18-7-5-4-6-8-18)27-26(30)28-24(22)19-11-15-21(16-12-19)32-20-13-9-17(2)10-14-20/h4-16,24H,3H2,1-2H3,(H2,27,28,30). The second-order valence-electron chi connectivity index (χ2n) is 7.39. The van der Waals surface area contributed by atoms with Gasteiger partial charge in [0.2, 0.25) is 0 Å². The summed E-state index contributed by atoms with van der Waals surface area (Å²) < 4.78 is 11.2. The highest BCUT2D eigenvalue weighted by Gasteiger charge is 2.34. The van der Waals surface area contributed by atoms with Gasteiger partial charge in [-0.3, -0.25) is 0 Å². The van der Waals surface area contributed by atoms with Crippen molar-refractivity contribution >= 4 is 17.7 Å². The molecule has 0 saturated carbocycles. The van der Waals surface area contributed by atoms with Gasteiger partial charge in [-0.15, -0.1) is 0 Å². The van der Waals surface area contributed by atoms with Crippen molar-refractivity contribution in [3.05, 3.63) is 101 Å². The third-order valence-corrected chi connectivity index (χ3v) is 5.10. The number of benzene rings is 3. The molecule has 0 saturated heterocycles. The Kier molecular flexibility index (Phi) is 6.22. The molecule has 3 aromatic carbocycles. The van der Waals surface area contributed by atoms with Gasteiger partial charge in [-0.1, -0.05) is 60.2 Å². The van der Waals surface area contributed by atoms with Crippen LogP contribution in [0.15, 0.2) is 84.4 Å². The quantitative estimate of drug-likeness (QED) is 0.535. The molecule has 4 rings (SSSR count). The molecule has 1 heterocycles. The van der Waals surface area contributed by atoms with E-state index in [4.69, 9.17) is 9.47 Å². The van der Waals surface area contributed by atoms with Crippen LogP contribution < -0.4 is 15.4 Å². The van der Waals surface area contributed by atoms with E-state index in [0.29, 0.717) is 17.0 Å². The summed E-state index contributed by atoms with van der Waals surface area (Å²) in [5.41, 5.74) is 3.42. The molecule has 0 aromatic heterocycles. The summed E-state index contributed by atoms with van der Waals surface area (Å²) in [4.78, 5) is 25.4. The van der Waals surface area contributed by atoms with Crippen LogP contribution in [0, 0.1) is 6.92 Å². The van der Waals surface area contributed by atoms with Gasteiger partial charge in [-0.25, -0.2) is 9.59 Å². The Balaban J connectivity index is 1.69. The molecule has 1 aliphatic rings. The highest BCUT2D eigenvalue weighted by molar-refractivity contribution is 6.04. The molecular weight excluding hydrogens is 404 g/mol. The van der Waals surface area contributed by atoms with E-state index in [1.807, 2.05) is 85.8 Å². The number of carbonyl (C=O) groups excluding carboxylic acids is 2. The summed E-state index contributed by atoms with van der Waals surface area (Å²) in [6.07, 6.45) is 0. The summed E-state index contributed by atoms with van der Waals surface area (Å²) in [7, 11) is 0. The fraction of sp³-hybridized carbons (Fsp3) is 0.154. The second kappa shape index (κ2) is 9.39. The van der Waals surface area contributed by atoms with Gasteiger partial charge in [0, 0.05) is 0 Å². The number of urea groups is 1. The van der Waals surface area contributed by atoms with Gasteiger partial charge in [0.25, 0.3) is 0 Å². The Hall–Kier alpha value is -4.06. The van der Waals surface area contributed by atoms with Crippen LogP contribution in [0.2, 0.25) is 0 Å². The molecule has 0 fully saturated rings. The van der Waals surface area contributed by atoms with Gasteiger partial charge in [-0.05, 0) is 49.2 Å². The molecule has 162 valence electrons. The molecule has 2 amide bonds. The van der Waals surface area contributed by atoms with E-state index in [2.05, 4.69) is 10.6 Å². The number of hydrogen-bond donors (Lipinski definition) is 2. The van der Waals surface area contributed by atoms with E-state index >= 15 is 0 Å². The molecule has 6 nitrogen and oxygen atoms in total. The fourth-order valence-electron chi connectivity index (χ4n) is 3.55. The van der Waals surface area contributed by atoms with E-state index in [0.717, 1.165) is 22.4 Å². The topological polar surface area (TPSA) is 76.7 Å². The highest BCUT2D eigenvalue weighted by atomic mass is 16.5. The number of amides is 2. The highest BCUT2D eigenvalue weighted by Crippen LogP contribution is 2.33. The Morgan fingerprint density at radius 2 is 1.53 bits per heavy atom. The summed E-state index contributed by atoms with van der Waals surface area (Å²) in [6, 6.07) is 23.3. The second-order valence-corrected chi connectivity index (χ2v) is 7.39. The predicted molar refractivity (Wildman–Crippen MR) is 122 cm³/mol. The van der Waals surface area contributed by atoms with E-state index in [9.17, 15) is 9.59 Å². The van der Waals surface area contributed by atoms with Crippen molar-refractivity contribution in [2.45, 2.75) is 19.9 Å². The van der Waals surface area contributed by atoms with Gasteiger partial charge in [0.05, 0.1) is 23.9 Å².